The summed E-state index contributed by atoms with van der Waals surface area (Å²) in [4.78, 5) is 10.3. The van der Waals surface area contributed by atoms with E-state index in [1.54, 1.807) is 0 Å². The van der Waals surface area contributed by atoms with Crippen molar-refractivity contribution in [1.29, 1.82) is 0 Å². The van der Waals surface area contributed by atoms with Crippen LogP contribution in [-0.2, 0) is 4.79 Å². The molecule has 1 N–H and O–H groups in total. The summed E-state index contributed by atoms with van der Waals surface area (Å²) in [6.07, 6.45) is 0. The van der Waals surface area contributed by atoms with E-state index in [1.165, 1.54) is 0 Å². The first-order valence-corrected chi connectivity index (χ1v) is 3.28. The maximum atomic E-state index is 10.3. The molecule has 0 aliphatic carbocycles. The lowest BCUT2D eigenvalue weighted by molar-refractivity contribution is -0.138. The Morgan fingerprint density at radius 3 is 1.89 bits per heavy atom. The standard InChI is InChI=1S/C6H12O2S/c1-6(2,3)4(9)5(7)8/h4,9H,1-3H3,(H,7,8). The van der Waals surface area contributed by atoms with Gasteiger partial charge in [0.15, 0.2) is 0 Å². The SMILES string of the molecule is CC(C)(C)C(S)C(=O)O. The normalized spacial score (nSPS) is 15.1. The van der Waals surface area contributed by atoms with Crippen molar-refractivity contribution >= 4 is 18.6 Å². The first kappa shape index (κ1) is 8.82. The molecule has 1 atom stereocenters. The third-order valence-corrected chi connectivity index (χ3v) is 2.05. The summed E-state index contributed by atoms with van der Waals surface area (Å²) in [6.45, 7) is 5.54. The van der Waals surface area contributed by atoms with E-state index in [0.717, 1.165) is 0 Å². The summed E-state index contributed by atoms with van der Waals surface area (Å²) in [7, 11) is 0. The Balaban J connectivity index is 4.04. The fourth-order valence-corrected chi connectivity index (χ4v) is 0.370. The highest BCUT2D eigenvalue weighted by Crippen LogP contribution is 2.23. The van der Waals surface area contributed by atoms with E-state index in [2.05, 4.69) is 12.6 Å². The Hall–Kier alpha value is -0.180. The van der Waals surface area contributed by atoms with Crippen LogP contribution < -0.4 is 0 Å². The number of hydrogen-bond acceptors (Lipinski definition) is 2. The molecule has 0 amide bonds. The van der Waals surface area contributed by atoms with Gasteiger partial charge in [0.25, 0.3) is 0 Å². The van der Waals surface area contributed by atoms with Gasteiger partial charge in [0.2, 0.25) is 0 Å². The molecule has 0 fully saturated rings. The van der Waals surface area contributed by atoms with Gasteiger partial charge in [-0.15, -0.1) is 0 Å². The lowest BCUT2D eigenvalue weighted by Crippen LogP contribution is -2.28. The molecular formula is C6H12O2S. The zero-order valence-corrected chi connectivity index (χ0v) is 6.77. The minimum atomic E-state index is -0.856. The van der Waals surface area contributed by atoms with Crippen molar-refractivity contribution in [3.8, 4) is 0 Å². The Morgan fingerprint density at radius 2 is 1.89 bits per heavy atom. The van der Waals surface area contributed by atoms with Gasteiger partial charge in [-0.1, -0.05) is 20.8 Å². The van der Waals surface area contributed by atoms with Crippen molar-refractivity contribution in [2.75, 3.05) is 0 Å². The van der Waals surface area contributed by atoms with Gasteiger partial charge >= 0.3 is 5.97 Å². The number of aliphatic carboxylic acids is 1. The number of hydrogen-bond donors (Lipinski definition) is 2. The first-order chi connectivity index (χ1) is 3.85. The fourth-order valence-electron chi connectivity index (χ4n) is 0.370. The summed E-state index contributed by atoms with van der Waals surface area (Å²) >= 11 is 3.91. The molecular weight excluding hydrogens is 136 g/mol. The monoisotopic (exact) mass is 148 g/mol. The maximum absolute atomic E-state index is 10.3. The number of carboxylic acids is 1. The Morgan fingerprint density at radius 1 is 1.56 bits per heavy atom. The summed E-state index contributed by atoms with van der Waals surface area (Å²) in [6, 6.07) is 0. The van der Waals surface area contributed by atoms with Crippen LogP contribution in [0.1, 0.15) is 20.8 Å². The molecule has 2 nitrogen and oxygen atoms in total. The summed E-state index contributed by atoms with van der Waals surface area (Å²) < 4.78 is 0. The van der Waals surface area contributed by atoms with Crippen LogP contribution in [0.15, 0.2) is 0 Å². The van der Waals surface area contributed by atoms with Gasteiger partial charge in [0.1, 0.15) is 5.25 Å². The molecule has 0 saturated heterocycles. The number of carboxylic acid groups (broad SMARTS) is 1. The minimum Gasteiger partial charge on any atom is -0.480 e. The molecule has 3 heteroatoms. The molecule has 9 heavy (non-hydrogen) atoms. The van der Waals surface area contributed by atoms with Crippen molar-refractivity contribution in [3.63, 3.8) is 0 Å². The van der Waals surface area contributed by atoms with Gasteiger partial charge in [-0.2, -0.15) is 12.6 Å². The predicted molar refractivity (Wildman–Crippen MR) is 39.9 cm³/mol. The smallest absolute Gasteiger partial charge is 0.316 e. The molecule has 54 valence electrons. The molecule has 0 aliphatic rings. The number of thiol groups is 1. The Bertz CT molecular complexity index is 115. The van der Waals surface area contributed by atoms with Crippen LogP contribution in [0, 0.1) is 5.41 Å². The van der Waals surface area contributed by atoms with Gasteiger partial charge in [-0.3, -0.25) is 4.79 Å². The van der Waals surface area contributed by atoms with E-state index < -0.39 is 11.2 Å². The molecule has 0 aromatic carbocycles. The molecule has 0 spiro atoms. The highest BCUT2D eigenvalue weighted by atomic mass is 32.1. The van der Waals surface area contributed by atoms with Crippen molar-refractivity contribution in [2.24, 2.45) is 5.41 Å². The molecule has 0 heterocycles. The van der Waals surface area contributed by atoms with Gasteiger partial charge in [-0.25, -0.2) is 0 Å². The van der Waals surface area contributed by atoms with E-state index in [1.807, 2.05) is 20.8 Å². The van der Waals surface area contributed by atoms with Crippen LogP contribution >= 0.6 is 12.6 Å². The Kier molecular flexibility index (Phi) is 2.55. The highest BCUT2D eigenvalue weighted by molar-refractivity contribution is 7.81. The van der Waals surface area contributed by atoms with E-state index in [-0.39, 0.29) is 5.41 Å². The molecule has 0 saturated carbocycles. The summed E-state index contributed by atoms with van der Waals surface area (Å²) in [5.74, 6) is -0.856. The Labute approximate surface area is 60.7 Å². The number of rotatable bonds is 1. The summed E-state index contributed by atoms with van der Waals surface area (Å²) in [5, 5.41) is 7.87. The van der Waals surface area contributed by atoms with Crippen LogP contribution in [0.2, 0.25) is 0 Å². The first-order valence-electron chi connectivity index (χ1n) is 2.76. The van der Waals surface area contributed by atoms with Crippen molar-refractivity contribution in [2.45, 2.75) is 26.0 Å². The van der Waals surface area contributed by atoms with Gasteiger partial charge < -0.3 is 5.11 Å². The average molecular weight is 148 g/mol. The van der Waals surface area contributed by atoms with Crippen LogP contribution in [0.3, 0.4) is 0 Å². The van der Waals surface area contributed by atoms with Crippen molar-refractivity contribution in [1.82, 2.24) is 0 Å². The molecule has 0 aliphatic heterocycles. The number of carbonyl (C=O) groups is 1. The second-order valence-electron chi connectivity index (χ2n) is 3.11. The fraction of sp³-hybridized carbons (Fsp3) is 0.833. The van der Waals surface area contributed by atoms with Gasteiger partial charge in [0.05, 0.1) is 0 Å². The van der Waals surface area contributed by atoms with Gasteiger partial charge in [0, 0.05) is 0 Å². The van der Waals surface area contributed by atoms with Crippen LogP contribution in [0.5, 0.6) is 0 Å². The molecule has 0 bridgehead atoms. The van der Waals surface area contributed by atoms with Crippen molar-refractivity contribution in [3.05, 3.63) is 0 Å². The van der Waals surface area contributed by atoms with E-state index >= 15 is 0 Å². The largest absolute Gasteiger partial charge is 0.480 e. The maximum Gasteiger partial charge on any atom is 0.316 e. The quantitative estimate of drug-likeness (QED) is 0.552. The topological polar surface area (TPSA) is 37.3 Å². The third kappa shape index (κ3) is 2.75. The molecule has 0 radical (unpaired) electrons. The predicted octanol–water partition coefficient (Wildman–Crippen LogP) is 1.42. The molecule has 0 aromatic rings. The second-order valence-corrected chi connectivity index (χ2v) is 3.62. The van der Waals surface area contributed by atoms with Gasteiger partial charge in [-0.05, 0) is 5.41 Å². The van der Waals surface area contributed by atoms with Crippen LogP contribution in [0.25, 0.3) is 0 Å². The van der Waals surface area contributed by atoms with E-state index in [9.17, 15) is 4.79 Å². The van der Waals surface area contributed by atoms with Crippen LogP contribution in [0.4, 0.5) is 0 Å². The van der Waals surface area contributed by atoms with Crippen molar-refractivity contribution < 1.29 is 9.90 Å². The van der Waals surface area contributed by atoms with E-state index in [0.29, 0.717) is 0 Å². The second kappa shape index (κ2) is 2.60. The third-order valence-electron chi connectivity index (χ3n) is 1.05. The zero-order chi connectivity index (χ0) is 7.65. The molecule has 0 rings (SSSR count). The van der Waals surface area contributed by atoms with E-state index in [4.69, 9.17) is 5.11 Å². The summed E-state index contributed by atoms with van der Waals surface area (Å²) in [5.41, 5.74) is -0.255. The molecule has 1 unspecified atom stereocenters. The lowest BCUT2D eigenvalue weighted by atomic mass is 9.92. The van der Waals surface area contributed by atoms with Crippen LogP contribution in [-0.4, -0.2) is 16.3 Å². The lowest BCUT2D eigenvalue weighted by Gasteiger charge is -2.21. The minimum absolute atomic E-state index is 0.255. The highest BCUT2D eigenvalue weighted by Gasteiger charge is 2.26. The average Bonchev–Trinajstić information content (AvgIpc) is 1.62. The molecule has 0 aromatic heterocycles. The zero-order valence-electron chi connectivity index (χ0n) is 5.88.